The standard InChI is InChI=1S/C20H21N3O3S3/c1-14-4-6-16(7-5-14)29(25,26)23-10-8-15(9-11-23)19(24)22-20-21-17(13-28-20)18-3-2-12-27-18/h2-7,12-13,15H,8-11H2,1H3,(H,21,22,24). The Balaban J connectivity index is 1.35. The molecule has 0 spiro atoms. The van der Waals surface area contributed by atoms with E-state index in [-0.39, 0.29) is 11.8 Å². The van der Waals surface area contributed by atoms with E-state index in [2.05, 4.69) is 10.3 Å². The van der Waals surface area contributed by atoms with Gasteiger partial charge in [0.25, 0.3) is 0 Å². The summed E-state index contributed by atoms with van der Waals surface area (Å²) in [6.07, 6.45) is 1.00. The van der Waals surface area contributed by atoms with Crippen LogP contribution in [0.3, 0.4) is 0 Å². The molecular weight excluding hydrogens is 426 g/mol. The van der Waals surface area contributed by atoms with Crippen LogP contribution in [0, 0.1) is 12.8 Å². The molecule has 0 bridgehead atoms. The fourth-order valence-electron chi connectivity index (χ4n) is 3.29. The average Bonchev–Trinajstić information content (AvgIpc) is 3.40. The van der Waals surface area contributed by atoms with E-state index in [1.807, 2.05) is 29.8 Å². The molecule has 1 aliphatic rings. The maximum atomic E-state index is 12.8. The van der Waals surface area contributed by atoms with Crippen LogP contribution in [-0.4, -0.2) is 36.7 Å². The molecule has 1 saturated heterocycles. The molecule has 29 heavy (non-hydrogen) atoms. The molecule has 3 aromatic rings. The number of anilines is 1. The number of thiazole rings is 1. The van der Waals surface area contributed by atoms with Crippen LogP contribution >= 0.6 is 22.7 Å². The van der Waals surface area contributed by atoms with Crippen molar-refractivity contribution in [2.24, 2.45) is 5.92 Å². The first kappa shape index (κ1) is 20.2. The summed E-state index contributed by atoms with van der Waals surface area (Å²) in [5.74, 6) is -0.307. The van der Waals surface area contributed by atoms with E-state index >= 15 is 0 Å². The van der Waals surface area contributed by atoms with Crippen molar-refractivity contribution in [2.45, 2.75) is 24.7 Å². The molecule has 0 radical (unpaired) electrons. The predicted molar refractivity (Wildman–Crippen MR) is 117 cm³/mol. The molecular formula is C20H21N3O3S3. The van der Waals surface area contributed by atoms with Crippen molar-refractivity contribution in [3.05, 3.63) is 52.7 Å². The van der Waals surface area contributed by atoms with Crippen molar-refractivity contribution in [1.82, 2.24) is 9.29 Å². The van der Waals surface area contributed by atoms with Crippen LogP contribution in [0.4, 0.5) is 5.13 Å². The average molecular weight is 448 g/mol. The zero-order valence-electron chi connectivity index (χ0n) is 15.9. The minimum Gasteiger partial charge on any atom is -0.302 e. The number of thiophene rings is 1. The van der Waals surface area contributed by atoms with Crippen molar-refractivity contribution in [2.75, 3.05) is 18.4 Å². The third-order valence-corrected chi connectivity index (χ3v) is 8.55. The molecule has 1 N–H and O–H groups in total. The highest BCUT2D eigenvalue weighted by Crippen LogP contribution is 2.29. The van der Waals surface area contributed by atoms with E-state index in [0.717, 1.165) is 16.1 Å². The van der Waals surface area contributed by atoms with Gasteiger partial charge in [-0.2, -0.15) is 4.31 Å². The number of sulfonamides is 1. The van der Waals surface area contributed by atoms with Crippen LogP contribution in [0.1, 0.15) is 18.4 Å². The van der Waals surface area contributed by atoms with Crippen molar-refractivity contribution >= 4 is 43.7 Å². The highest BCUT2D eigenvalue weighted by Gasteiger charge is 2.32. The molecule has 0 saturated carbocycles. The SMILES string of the molecule is Cc1ccc(S(=O)(=O)N2CCC(C(=O)Nc3nc(-c4cccs4)cs3)CC2)cc1. The largest absolute Gasteiger partial charge is 0.302 e. The molecule has 1 fully saturated rings. The molecule has 0 atom stereocenters. The normalized spacial score (nSPS) is 16.0. The Morgan fingerprint density at radius 2 is 1.86 bits per heavy atom. The first-order chi connectivity index (χ1) is 13.9. The van der Waals surface area contributed by atoms with E-state index in [9.17, 15) is 13.2 Å². The smallest absolute Gasteiger partial charge is 0.243 e. The Morgan fingerprint density at radius 3 is 2.52 bits per heavy atom. The summed E-state index contributed by atoms with van der Waals surface area (Å²) in [5, 5.41) is 7.39. The van der Waals surface area contributed by atoms with E-state index in [4.69, 9.17) is 0 Å². The summed E-state index contributed by atoms with van der Waals surface area (Å²) >= 11 is 3.01. The van der Waals surface area contributed by atoms with Gasteiger partial charge in [0.15, 0.2) is 5.13 Å². The predicted octanol–water partition coefficient (Wildman–Crippen LogP) is 4.22. The maximum absolute atomic E-state index is 12.8. The molecule has 3 heterocycles. The van der Waals surface area contributed by atoms with Gasteiger partial charge in [0.05, 0.1) is 15.5 Å². The second-order valence-corrected chi connectivity index (χ2v) is 10.7. The first-order valence-corrected chi connectivity index (χ1v) is 12.5. The molecule has 1 amide bonds. The van der Waals surface area contributed by atoms with Gasteiger partial charge in [0, 0.05) is 24.4 Å². The molecule has 152 valence electrons. The van der Waals surface area contributed by atoms with Crippen LogP contribution in [-0.2, 0) is 14.8 Å². The van der Waals surface area contributed by atoms with Crippen LogP contribution < -0.4 is 5.32 Å². The van der Waals surface area contributed by atoms with Crippen molar-refractivity contribution < 1.29 is 13.2 Å². The van der Waals surface area contributed by atoms with E-state index in [0.29, 0.717) is 36.0 Å². The third kappa shape index (κ3) is 4.42. The maximum Gasteiger partial charge on any atom is 0.243 e. The lowest BCUT2D eigenvalue weighted by molar-refractivity contribution is -0.120. The molecule has 1 aliphatic heterocycles. The van der Waals surface area contributed by atoms with Gasteiger partial charge in [-0.05, 0) is 43.3 Å². The van der Waals surface area contributed by atoms with E-state index < -0.39 is 10.0 Å². The second kappa shape index (κ2) is 8.35. The molecule has 9 heteroatoms. The number of aryl methyl sites for hydroxylation is 1. The van der Waals surface area contributed by atoms with Crippen molar-refractivity contribution in [3.8, 4) is 10.6 Å². The number of hydrogen-bond acceptors (Lipinski definition) is 6. The van der Waals surface area contributed by atoms with Gasteiger partial charge in [0.1, 0.15) is 0 Å². The van der Waals surface area contributed by atoms with Crippen LogP contribution in [0.2, 0.25) is 0 Å². The van der Waals surface area contributed by atoms with E-state index in [1.54, 1.807) is 35.6 Å². The number of rotatable bonds is 5. The second-order valence-electron chi connectivity index (χ2n) is 7.00. The Morgan fingerprint density at radius 1 is 1.14 bits per heavy atom. The Kier molecular flexibility index (Phi) is 5.82. The Bertz CT molecular complexity index is 1080. The fourth-order valence-corrected chi connectivity index (χ4v) is 6.24. The lowest BCUT2D eigenvalue weighted by Gasteiger charge is -2.30. The summed E-state index contributed by atoms with van der Waals surface area (Å²) in [6, 6.07) is 10.8. The molecule has 0 aliphatic carbocycles. The molecule has 6 nitrogen and oxygen atoms in total. The van der Waals surface area contributed by atoms with Gasteiger partial charge in [-0.25, -0.2) is 13.4 Å². The van der Waals surface area contributed by atoms with Crippen molar-refractivity contribution in [3.63, 3.8) is 0 Å². The number of aromatic nitrogens is 1. The summed E-state index contributed by atoms with van der Waals surface area (Å²) < 4.78 is 27.1. The van der Waals surface area contributed by atoms with Crippen LogP contribution in [0.15, 0.2) is 52.1 Å². The molecule has 0 unspecified atom stereocenters. The lowest BCUT2D eigenvalue weighted by Crippen LogP contribution is -2.41. The fraction of sp³-hybridized carbons (Fsp3) is 0.300. The first-order valence-electron chi connectivity index (χ1n) is 9.30. The quantitative estimate of drug-likeness (QED) is 0.635. The number of nitrogens with one attached hydrogen (secondary N) is 1. The number of benzene rings is 1. The Hall–Kier alpha value is -2.07. The summed E-state index contributed by atoms with van der Waals surface area (Å²) in [5.41, 5.74) is 1.88. The zero-order chi connectivity index (χ0) is 20.4. The van der Waals surface area contributed by atoms with E-state index in [1.165, 1.54) is 15.6 Å². The van der Waals surface area contributed by atoms with Crippen LogP contribution in [0.25, 0.3) is 10.6 Å². The number of carbonyl (C=O) groups is 1. The highest BCUT2D eigenvalue weighted by atomic mass is 32.2. The number of amides is 1. The van der Waals surface area contributed by atoms with Gasteiger partial charge in [-0.1, -0.05) is 23.8 Å². The van der Waals surface area contributed by atoms with Crippen LogP contribution in [0.5, 0.6) is 0 Å². The molecule has 4 rings (SSSR count). The van der Waals surface area contributed by atoms with Gasteiger partial charge in [0.2, 0.25) is 15.9 Å². The summed E-state index contributed by atoms with van der Waals surface area (Å²) in [7, 11) is -3.52. The van der Waals surface area contributed by atoms with Gasteiger partial charge >= 0.3 is 0 Å². The summed E-state index contributed by atoms with van der Waals surface area (Å²) in [4.78, 5) is 18.5. The van der Waals surface area contributed by atoms with Gasteiger partial charge in [-0.15, -0.1) is 22.7 Å². The molecule has 2 aromatic heterocycles. The van der Waals surface area contributed by atoms with Gasteiger partial charge < -0.3 is 5.32 Å². The number of nitrogens with zero attached hydrogens (tertiary/aromatic N) is 2. The Labute approximate surface area is 178 Å². The molecule has 1 aromatic carbocycles. The number of hydrogen-bond donors (Lipinski definition) is 1. The van der Waals surface area contributed by atoms with Gasteiger partial charge in [-0.3, -0.25) is 4.79 Å². The zero-order valence-corrected chi connectivity index (χ0v) is 18.3. The minimum absolute atomic E-state index is 0.0931. The number of carbonyl (C=O) groups excluding carboxylic acids is 1. The van der Waals surface area contributed by atoms with Crippen molar-refractivity contribution in [1.29, 1.82) is 0 Å². The number of piperidine rings is 1. The summed E-state index contributed by atoms with van der Waals surface area (Å²) in [6.45, 7) is 2.60. The monoisotopic (exact) mass is 447 g/mol. The minimum atomic E-state index is -3.52. The lowest BCUT2D eigenvalue weighted by atomic mass is 9.97. The third-order valence-electron chi connectivity index (χ3n) is 4.99. The highest BCUT2D eigenvalue weighted by molar-refractivity contribution is 7.89. The topological polar surface area (TPSA) is 79.4 Å².